The molecular weight excluding hydrogens is 524 g/mol. The van der Waals surface area contributed by atoms with E-state index in [4.69, 9.17) is 9.47 Å². The zero-order chi connectivity index (χ0) is 22.1. The van der Waals surface area contributed by atoms with Gasteiger partial charge in [0.1, 0.15) is 5.82 Å². The maximum Gasteiger partial charge on any atom is 0.191 e. The van der Waals surface area contributed by atoms with E-state index in [1.54, 1.807) is 19.2 Å². The normalized spacial score (nSPS) is 15.1. The second kappa shape index (κ2) is 13.5. The lowest BCUT2D eigenvalue weighted by Crippen LogP contribution is -2.39. The summed E-state index contributed by atoms with van der Waals surface area (Å²) in [6, 6.07) is 11.7. The van der Waals surface area contributed by atoms with Gasteiger partial charge in [-0.1, -0.05) is 24.3 Å². The largest absolute Gasteiger partial charge is 0.493 e. The van der Waals surface area contributed by atoms with Gasteiger partial charge >= 0.3 is 0 Å². The van der Waals surface area contributed by atoms with Crippen molar-refractivity contribution < 1.29 is 19.0 Å². The van der Waals surface area contributed by atoms with Gasteiger partial charge in [0, 0.05) is 18.7 Å². The molecule has 2 aromatic carbocycles. The highest BCUT2D eigenvalue weighted by molar-refractivity contribution is 14.0. The number of halogens is 2. The van der Waals surface area contributed by atoms with Crippen LogP contribution in [-0.4, -0.2) is 37.4 Å². The van der Waals surface area contributed by atoms with Crippen molar-refractivity contribution >= 4 is 29.9 Å². The minimum atomic E-state index is -0.775. The van der Waals surface area contributed by atoms with E-state index < -0.39 is 6.10 Å². The van der Waals surface area contributed by atoms with Gasteiger partial charge in [-0.15, -0.1) is 24.0 Å². The number of methoxy groups -OCH3 is 1. The van der Waals surface area contributed by atoms with Crippen LogP contribution in [0.2, 0.25) is 0 Å². The SMILES string of the molecule is CCNC(=NCc1cccc(OC)c1OC1CCCC1)NCC(O)c1ccc(F)cc1.I. The number of benzene rings is 2. The van der Waals surface area contributed by atoms with Gasteiger partial charge in [0.15, 0.2) is 17.5 Å². The molecule has 3 rings (SSSR count). The number of aliphatic hydroxyl groups excluding tert-OH is 1. The highest BCUT2D eigenvalue weighted by atomic mass is 127. The highest BCUT2D eigenvalue weighted by Gasteiger charge is 2.20. The quantitative estimate of drug-likeness (QED) is 0.240. The molecule has 1 unspecified atom stereocenters. The van der Waals surface area contributed by atoms with Crippen molar-refractivity contribution in [3.05, 3.63) is 59.4 Å². The maximum absolute atomic E-state index is 13.1. The summed E-state index contributed by atoms with van der Waals surface area (Å²) in [7, 11) is 1.65. The van der Waals surface area contributed by atoms with Crippen LogP contribution in [0.4, 0.5) is 4.39 Å². The van der Waals surface area contributed by atoms with Crippen molar-refractivity contribution in [3.8, 4) is 11.5 Å². The molecule has 6 nitrogen and oxygen atoms in total. The highest BCUT2D eigenvalue weighted by Crippen LogP contribution is 2.35. The second-order valence-corrected chi connectivity index (χ2v) is 7.62. The van der Waals surface area contributed by atoms with Crippen LogP contribution in [0.5, 0.6) is 11.5 Å². The van der Waals surface area contributed by atoms with Gasteiger partial charge in [-0.05, 0) is 56.4 Å². The fourth-order valence-corrected chi connectivity index (χ4v) is 3.66. The van der Waals surface area contributed by atoms with E-state index in [-0.39, 0.29) is 42.4 Å². The van der Waals surface area contributed by atoms with Crippen molar-refractivity contribution in [1.29, 1.82) is 0 Å². The van der Waals surface area contributed by atoms with Crippen LogP contribution < -0.4 is 20.1 Å². The van der Waals surface area contributed by atoms with Gasteiger partial charge < -0.3 is 25.2 Å². The molecule has 1 saturated carbocycles. The summed E-state index contributed by atoms with van der Waals surface area (Å²) in [5.74, 6) is 1.72. The Hall–Kier alpha value is -2.07. The maximum atomic E-state index is 13.1. The van der Waals surface area contributed by atoms with Crippen molar-refractivity contribution in [2.75, 3.05) is 20.2 Å². The van der Waals surface area contributed by atoms with E-state index in [1.165, 1.54) is 25.0 Å². The minimum absolute atomic E-state index is 0. The zero-order valence-electron chi connectivity index (χ0n) is 18.6. The third-order valence-corrected chi connectivity index (χ3v) is 5.34. The first-order chi connectivity index (χ1) is 15.1. The number of aliphatic imine (C=N–C) groups is 1. The van der Waals surface area contributed by atoms with Gasteiger partial charge in [-0.3, -0.25) is 0 Å². The number of guanidine groups is 1. The summed E-state index contributed by atoms with van der Waals surface area (Å²) in [5.41, 5.74) is 1.59. The summed E-state index contributed by atoms with van der Waals surface area (Å²) in [5, 5.41) is 16.7. The predicted octanol–water partition coefficient (Wildman–Crippen LogP) is 4.56. The van der Waals surface area contributed by atoms with E-state index in [2.05, 4.69) is 15.6 Å². The topological polar surface area (TPSA) is 75.1 Å². The van der Waals surface area contributed by atoms with E-state index >= 15 is 0 Å². The van der Waals surface area contributed by atoms with Crippen LogP contribution in [0.25, 0.3) is 0 Å². The zero-order valence-corrected chi connectivity index (χ0v) is 21.0. The molecule has 0 heterocycles. The molecule has 3 N–H and O–H groups in total. The molecule has 1 aliphatic rings. The first-order valence-electron chi connectivity index (χ1n) is 10.9. The molecule has 1 aliphatic carbocycles. The van der Waals surface area contributed by atoms with Crippen molar-refractivity contribution in [3.63, 3.8) is 0 Å². The van der Waals surface area contributed by atoms with Gasteiger partial charge in [0.05, 0.1) is 25.9 Å². The molecular formula is C24H33FIN3O3. The summed E-state index contributed by atoms with van der Waals surface area (Å²) in [6.07, 6.45) is 3.95. The molecule has 0 spiro atoms. The molecule has 0 saturated heterocycles. The predicted molar refractivity (Wildman–Crippen MR) is 135 cm³/mol. The molecule has 0 amide bonds. The molecule has 0 aromatic heterocycles. The number of nitrogens with one attached hydrogen (secondary N) is 2. The number of rotatable bonds is 9. The molecule has 0 radical (unpaired) electrons. The van der Waals surface area contributed by atoms with E-state index in [1.807, 2.05) is 25.1 Å². The Kier molecular flexibility index (Phi) is 11.0. The number of para-hydroxylation sites is 1. The molecule has 176 valence electrons. The lowest BCUT2D eigenvalue weighted by atomic mass is 10.1. The lowest BCUT2D eigenvalue weighted by Gasteiger charge is -2.19. The first-order valence-corrected chi connectivity index (χ1v) is 10.9. The summed E-state index contributed by atoms with van der Waals surface area (Å²) < 4.78 is 24.9. The van der Waals surface area contributed by atoms with Crippen molar-refractivity contribution in [2.45, 2.75) is 51.4 Å². The Morgan fingerprint density at radius 2 is 1.88 bits per heavy atom. The monoisotopic (exact) mass is 557 g/mol. The molecule has 0 aliphatic heterocycles. The van der Waals surface area contributed by atoms with Gasteiger partial charge in [0.2, 0.25) is 0 Å². The molecule has 32 heavy (non-hydrogen) atoms. The smallest absolute Gasteiger partial charge is 0.191 e. The molecule has 1 fully saturated rings. The fraction of sp³-hybridized carbons (Fsp3) is 0.458. The van der Waals surface area contributed by atoms with E-state index in [9.17, 15) is 9.50 Å². The third kappa shape index (κ3) is 7.51. The standard InChI is InChI=1S/C24H32FN3O3.HI/c1-3-26-24(28-16-21(29)17-11-13-19(25)14-12-17)27-15-18-7-6-10-22(30-2)23(18)31-20-8-4-5-9-20;/h6-7,10-14,20-21,29H,3-5,8-9,15-16H2,1-2H3,(H2,26,27,28);1H. The summed E-state index contributed by atoms with van der Waals surface area (Å²) >= 11 is 0. The molecule has 8 heteroatoms. The Labute approximate surface area is 206 Å². The van der Waals surface area contributed by atoms with Gasteiger partial charge in [0.25, 0.3) is 0 Å². The van der Waals surface area contributed by atoms with E-state index in [0.29, 0.717) is 30.4 Å². The summed E-state index contributed by atoms with van der Waals surface area (Å²) in [4.78, 5) is 4.66. The Morgan fingerprint density at radius 1 is 1.16 bits per heavy atom. The molecule has 1 atom stereocenters. The van der Waals surface area contributed by atoms with Crippen molar-refractivity contribution in [2.24, 2.45) is 4.99 Å². The molecule has 2 aromatic rings. The molecule has 0 bridgehead atoms. The lowest BCUT2D eigenvalue weighted by molar-refractivity contribution is 0.180. The minimum Gasteiger partial charge on any atom is -0.493 e. The van der Waals surface area contributed by atoms with Crippen LogP contribution in [0.3, 0.4) is 0 Å². The number of ether oxygens (including phenoxy) is 2. The number of hydrogen-bond donors (Lipinski definition) is 3. The van der Waals surface area contributed by atoms with Crippen LogP contribution in [0.15, 0.2) is 47.5 Å². The van der Waals surface area contributed by atoms with Crippen LogP contribution >= 0.6 is 24.0 Å². The summed E-state index contributed by atoms with van der Waals surface area (Å²) in [6.45, 7) is 3.32. The van der Waals surface area contributed by atoms with Crippen LogP contribution in [0, 0.1) is 5.82 Å². The Bertz CT molecular complexity index is 858. The fourth-order valence-electron chi connectivity index (χ4n) is 3.66. The number of nitrogens with zero attached hydrogens (tertiary/aromatic N) is 1. The second-order valence-electron chi connectivity index (χ2n) is 7.62. The van der Waals surface area contributed by atoms with Crippen molar-refractivity contribution in [1.82, 2.24) is 10.6 Å². The Balaban J connectivity index is 0.00000363. The van der Waals surface area contributed by atoms with Gasteiger partial charge in [-0.2, -0.15) is 0 Å². The average Bonchev–Trinajstić information content (AvgIpc) is 3.30. The number of hydrogen-bond acceptors (Lipinski definition) is 4. The third-order valence-electron chi connectivity index (χ3n) is 5.34. The average molecular weight is 557 g/mol. The van der Waals surface area contributed by atoms with E-state index in [0.717, 1.165) is 24.2 Å². The Morgan fingerprint density at radius 3 is 2.53 bits per heavy atom. The first kappa shape index (κ1) is 26.2. The number of aliphatic hydroxyl groups is 1. The van der Waals surface area contributed by atoms with Gasteiger partial charge in [-0.25, -0.2) is 9.38 Å². The van der Waals surface area contributed by atoms with Crippen LogP contribution in [-0.2, 0) is 6.54 Å². The van der Waals surface area contributed by atoms with Crippen LogP contribution in [0.1, 0.15) is 49.8 Å².